The SMILES string of the molecule is CCn1cc(COc2ccc(NC=C3C(=O)OC(C)(C)OC3=O)cc2)cn1. The van der Waals surface area contributed by atoms with Gasteiger partial charge in [0, 0.05) is 44.0 Å². The molecule has 1 aromatic heterocycles. The third-order valence-electron chi connectivity index (χ3n) is 3.77. The molecule has 8 nitrogen and oxygen atoms in total. The quantitative estimate of drug-likeness (QED) is 0.474. The molecule has 27 heavy (non-hydrogen) atoms. The molecular weight excluding hydrogens is 350 g/mol. The molecule has 8 heteroatoms. The Hall–Kier alpha value is -3.29. The Morgan fingerprint density at radius 2 is 1.85 bits per heavy atom. The normalized spacial score (nSPS) is 15.7. The van der Waals surface area contributed by atoms with Crippen LogP contribution in [0.3, 0.4) is 0 Å². The molecule has 1 aliphatic heterocycles. The van der Waals surface area contributed by atoms with Crippen molar-refractivity contribution in [3.8, 4) is 5.75 Å². The first-order chi connectivity index (χ1) is 12.9. The number of rotatable bonds is 6. The van der Waals surface area contributed by atoms with Crippen molar-refractivity contribution in [3.63, 3.8) is 0 Å². The van der Waals surface area contributed by atoms with E-state index in [9.17, 15) is 9.59 Å². The predicted octanol–water partition coefficient (Wildman–Crippen LogP) is 2.61. The highest BCUT2D eigenvalue weighted by Gasteiger charge is 2.38. The second-order valence-corrected chi connectivity index (χ2v) is 6.40. The van der Waals surface area contributed by atoms with Gasteiger partial charge in [-0.3, -0.25) is 4.68 Å². The maximum Gasteiger partial charge on any atom is 0.350 e. The van der Waals surface area contributed by atoms with Crippen LogP contribution in [0.4, 0.5) is 5.69 Å². The van der Waals surface area contributed by atoms with Crippen LogP contribution in [0.2, 0.25) is 0 Å². The maximum absolute atomic E-state index is 11.9. The number of aromatic nitrogens is 2. The second kappa shape index (κ2) is 7.53. The van der Waals surface area contributed by atoms with Gasteiger partial charge in [0.1, 0.15) is 12.4 Å². The van der Waals surface area contributed by atoms with Gasteiger partial charge in [-0.05, 0) is 31.2 Å². The number of nitrogens with zero attached hydrogens (tertiary/aromatic N) is 2. The Balaban J connectivity index is 1.57. The zero-order valence-electron chi connectivity index (χ0n) is 15.4. The fourth-order valence-corrected chi connectivity index (χ4v) is 2.40. The minimum absolute atomic E-state index is 0.192. The van der Waals surface area contributed by atoms with E-state index in [4.69, 9.17) is 14.2 Å². The number of benzene rings is 1. The van der Waals surface area contributed by atoms with Gasteiger partial charge in [0.25, 0.3) is 5.79 Å². The minimum atomic E-state index is -1.25. The number of hydrogen-bond donors (Lipinski definition) is 1. The highest BCUT2D eigenvalue weighted by molar-refractivity contribution is 6.15. The number of nitrogens with one attached hydrogen (secondary N) is 1. The molecule has 1 fully saturated rings. The summed E-state index contributed by atoms with van der Waals surface area (Å²) in [5.74, 6) is -2.01. The Morgan fingerprint density at radius 3 is 2.44 bits per heavy atom. The molecule has 0 saturated carbocycles. The summed E-state index contributed by atoms with van der Waals surface area (Å²) < 4.78 is 17.6. The van der Waals surface area contributed by atoms with Crippen LogP contribution < -0.4 is 10.1 Å². The second-order valence-electron chi connectivity index (χ2n) is 6.40. The molecule has 1 saturated heterocycles. The van der Waals surface area contributed by atoms with E-state index in [1.165, 1.54) is 20.0 Å². The average Bonchev–Trinajstić information content (AvgIpc) is 3.07. The fourth-order valence-electron chi connectivity index (χ4n) is 2.40. The van der Waals surface area contributed by atoms with Gasteiger partial charge in [-0.1, -0.05) is 0 Å². The molecule has 0 bridgehead atoms. The number of carbonyl (C=O) groups is 2. The van der Waals surface area contributed by atoms with Crippen LogP contribution in [-0.2, 0) is 32.2 Å². The van der Waals surface area contributed by atoms with Crippen molar-refractivity contribution >= 4 is 17.6 Å². The summed E-state index contributed by atoms with van der Waals surface area (Å²) in [5.41, 5.74) is 1.47. The zero-order chi connectivity index (χ0) is 19.4. The minimum Gasteiger partial charge on any atom is -0.489 e. The maximum atomic E-state index is 11.9. The van der Waals surface area contributed by atoms with Crippen molar-refractivity contribution < 1.29 is 23.8 Å². The zero-order valence-corrected chi connectivity index (χ0v) is 15.4. The molecule has 1 N–H and O–H groups in total. The molecule has 2 aromatic rings. The van der Waals surface area contributed by atoms with E-state index in [0.717, 1.165) is 12.1 Å². The van der Waals surface area contributed by atoms with Crippen molar-refractivity contribution in [1.29, 1.82) is 0 Å². The largest absolute Gasteiger partial charge is 0.489 e. The summed E-state index contributed by atoms with van der Waals surface area (Å²) in [6.45, 7) is 6.25. The van der Waals surface area contributed by atoms with Gasteiger partial charge >= 0.3 is 11.9 Å². The van der Waals surface area contributed by atoms with E-state index < -0.39 is 17.7 Å². The molecule has 0 spiro atoms. The first kappa shape index (κ1) is 18.5. The van der Waals surface area contributed by atoms with Crippen LogP contribution in [0, 0.1) is 0 Å². The third kappa shape index (κ3) is 4.66. The van der Waals surface area contributed by atoms with Crippen molar-refractivity contribution in [2.75, 3.05) is 5.32 Å². The lowest BCUT2D eigenvalue weighted by Crippen LogP contribution is -2.42. The molecule has 1 aromatic carbocycles. The van der Waals surface area contributed by atoms with Crippen molar-refractivity contribution in [2.45, 2.75) is 39.7 Å². The van der Waals surface area contributed by atoms with Crippen LogP contribution in [0.5, 0.6) is 5.75 Å². The molecule has 0 unspecified atom stereocenters. The molecule has 3 rings (SSSR count). The fraction of sp³-hybridized carbons (Fsp3) is 0.316. The summed E-state index contributed by atoms with van der Waals surface area (Å²) in [6.07, 6.45) is 4.98. The van der Waals surface area contributed by atoms with E-state index in [0.29, 0.717) is 18.0 Å². The van der Waals surface area contributed by atoms with Crippen LogP contribution in [0.15, 0.2) is 48.4 Å². The van der Waals surface area contributed by atoms with Gasteiger partial charge in [0.2, 0.25) is 0 Å². The van der Waals surface area contributed by atoms with E-state index in [2.05, 4.69) is 10.4 Å². The van der Waals surface area contributed by atoms with Crippen LogP contribution in [0.1, 0.15) is 26.3 Å². The summed E-state index contributed by atoms with van der Waals surface area (Å²) in [4.78, 5) is 23.8. The average molecular weight is 371 g/mol. The first-order valence-electron chi connectivity index (χ1n) is 8.54. The van der Waals surface area contributed by atoms with Crippen LogP contribution in [-0.4, -0.2) is 27.5 Å². The Morgan fingerprint density at radius 1 is 1.19 bits per heavy atom. The van der Waals surface area contributed by atoms with Crippen LogP contribution >= 0.6 is 0 Å². The van der Waals surface area contributed by atoms with Crippen LogP contribution in [0.25, 0.3) is 0 Å². The van der Waals surface area contributed by atoms with Crippen molar-refractivity contribution in [1.82, 2.24) is 9.78 Å². The lowest BCUT2D eigenvalue weighted by atomic mass is 10.2. The molecule has 0 atom stereocenters. The van der Waals surface area contributed by atoms with Gasteiger partial charge in [0.05, 0.1) is 6.20 Å². The lowest BCUT2D eigenvalue weighted by molar-refractivity contribution is -0.222. The standard InChI is InChI=1S/C19H21N3O5/c1-4-22-11-13(9-21-22)12-25-15-7-5-14(6-8-15)20-10-16-17(23)26-19(2,3)27-18(16)24/h5-11,20H,4,12H2,1-3H3. The summed E-state index contributed by atoms with van der Waals surface area (Å²) in [6, 6.07) is 7.11. The number of esters is 2. The van der Waals surface area contributed by atoms with E-state index >= 15 is 0 Å². The number of cyclic esters (lactones) is 2. The Kier molecular flexibility index (Phi) is 5.16. The third-order valence-corrected chi connectivity index (χ3v) is 3.77. The van der Waals surface area contributed by atoms with Crippen molar-refractivity contribution in [2.24, 2.45) is 0 Å². The number of hydrogen-bond acceptors (Lipinski definition) is 7. The van der Waals surface area contributed by atoms with Gasteiger partial charge < -0.3 is 19.5 Å². The number of aryl methyl sites for hydroxylation is 1. The van der Waals surface area contributed by atoms with E-state index in [-0.39, 0.29) is 5.57 Å². The Labute approximate surface area is 156 Å². The molecular formula is C19H21N3O5. The number of ether oxygens (including phenoxy) is 3. The Bertz CT molecular complexity index is 846. The van der Waals surface area contributed by atoms with Gasteiger partial charge in [-0.15, -0.1) is 0 Å². The highest BCUT2D eigenvalue weighted by Crippen LogP contribution is 2.23. The molecule has 142 valence electrons. The highest BCUT2D eigenvalue weighted by atomic mass is 16.7. The topological polar surface area (TPSA) is 91.7 Å². The van der Waals surface area contributed by atoms with Crippen molar-refractivity contribution in [3.05, 3.63) is 54.0 Å². The molecule has 0 amide bonds. The monoisotopic (exact) mass is 371 g/mol. The van der Waals surface area contributed by atoms with Gasteiger partial charge in [-0.25, -0.2) is 9.59 Å². The number of anilines is 1. The van der Waals surface area contributed by atoms with Gasteiger partial charge in [0.15, 0.2) is 5.57 Å². The first-order valence-corrected chi connectivity index (χ1v) is 8.54. The lowest BCUT2D eigenvalue weighted by Gasteiger charge is -2.29. The molecule has 0 radical (unpaired) electrons. The molecule has 2 heterocycles. The molecule has 1 aliphatic rings. The molecule has 0 aliphatic carbocycles. The van der Waals surface area contributed by atoms with E-state index in [1.807, 2.05) is 17.8 Å². The smallest absolute Gasteiger partial charge is 0.350 e. The number of carbonyl (C=O) groups excluding carboxylic acids is 2. The summed E-state index contributed by atoms with van der Waals surface area (Å²) in [5, 5.41) is 7.08. The summed E-state index contributed by atoms with van der Waals surface area (Å²) in [7, 11) is 0. The summed E-state index contributed by atoms with van der Waals surface area (Å²) >= 11 is 0. The van der Waals surface area contributed by atoms with Gasteiger partial charge in [-0.2, -0.15) is 5.10 Å². The predicted molar refractivity (Wildman–Crippen MR) is 96.6 cm³/mol. The van der Waals surface area contributed by atoms with E-state index in [1.54, 1.807) is 30.5 Å².